The second-order valence-electron chi connectivity index (χ2n) is 3.73. The molecule has 3 N–H and O–H groups in total. The Hall–Kier alpha value is -1.43. The fraction of sp³-hybridized carbons (Fsp3) is 0.364. The summed E-state index contributed by atoms with van der Waals surface area (Å²) in [6, 6.07) is 5.44. The number of hydrogen-bond donors (Lipinski definition) is 2. The Kier molecular flexibility index (Phi) is 3.73. The summed E-state index contributed by atoms with van der Waals surface area (Å²) in [6.45, 7) is 2.48. The van der Waals surface area contributed by atoms with E-state index in [1.54, 1.807) is 11.0 Å². The van der Waals surface area contributed by atoms with Gasteiger partial charge < -0.3 is 20.7 Å². The van der Waals surface area contributed by atoms with Crippen LogP contribution in [-0.2, 0) is 0 Å². The highest BCUT2D eigenvalue weighted by atomic mass is 79.9. The van der Waals surface area contributed by atoms with Crippen molar-refractivity contribution in [3.63, 3.8) is 0 Å². The maximum atomic E-state index is 11.3. The Morgan fingerprint density at radius 1 is 1.53 bits per heavy atom. The van der Waals surface area contributed by atoms with Crippen molar-refractivity contribution < 1.29 is 9.53 Å². The minimum absolute atomic E-state index is 0.0276. The third-order valence-electron chi connectivity index (χ3n) is 2.56. The quantitative estimate of drug-likeness (QED) is 0.827. The summed E-state index contributed by atoms with van der Waals surface area (Å²) in [4.78, 5) is 13.0. The van der Waals surface area contributed by atoms with Gasteiger partial charge in [0.25, 0.3) is 0 Å². The molecule has 1 fully saturated rings. The molecule has 0 bridgehead atoms. The smallest absolute Gasteiger partial charge is 0.317 e. The number of nitrogens with zero attached hydrogens (tertiary/aromatic N) is 1. The molecule has 0 unspecified atom stereocenters. The predicted octanol–water partition coefficient (Wildman–Crippen LogP) is 1.44. The fourth-order valence-corrected chi connectivity index (χ4v) is 2.01. The lowest BCUT2D eigenvalue weighted by Gasteiger charge is -2.15. The Bertz CT molecular complexity index is 425. The van der Waals surface area contributed by atoms with Crippen LogP contribution in [0.1, 0.15) is 0 Å². The fourth-order valence-electron chi connectivity index (χ4n) is 1.63. The van der Waals surface area contributed by atoms with Gasteiger partial charge in [-0.25, -0.2) is 4.79 Å². The average Bonchev–Trinajstić information content (AvgIpc) is 2.71. The van der Waals surface area contributed by atoms with E-state index in [2.05, 4.69) is 21.2 Å². The molecule has 0 spiro atoms. The summed E-state index contributed by atoms with van der Waals surface area (Å²) < 4.78 is 6.33. The number of carbonyl (C=O) groups is 1. The molecule has 1 aromatic rings. The Labute approximate surface area is 108 Å². The van der Waals surface area contributed by atoms with Gasteiger partial charge in [0.2, 0.25) is 0 Å². The molecule has 5 nitrogen and oxygen atoms in total. The normalized spacial score (nSPS) is 14.9. The highest BCUT2D eigenvalue weighted by molar-refractivity contribution is 9.10. The molecule has 1 aromatic carbocycles. The van der Waals surface area contributed by atoms with Gasteiger partial charge >= 0.3 is 6.03 Å². The van der Waals surface area contributed by atoms with Crippen LogP contribution in [0.2, 0.25) is 0 Å². The van der Waals surface area contributed by atoms with E-state index in [1.807, 2.05) is 12.1 Å². The van der Waals surface area contributed by atoms with Crippen LogP contribution in [0, 0.1) is 0 Å². The number of hydrogen-bond acceptors (Lipinski definition) is 3. The number of benzene rings is 1. The molecule has 2 amide bonds. The van der Waals surface area contributed by atoms with E-state index in [1.165, 1.54) is 0 Å². The summed E-state index contributed by atoms with van der Waals surface area (Å²) in [6.07, 6.45) is 0. The molecule has 0 saturated carbocycles. The van der Waals surface area contributed by atoms with E-state index in [-0.39, 0.29) is 6.03 Å². The first-order valence-electron chi connectivity index (χ1n) is 5.38. The van der Waals surface area contributed by atoms with Gasteiger partial charge in [0, 0.05) is 18.8 Å². The monoisotopic (exact) mass is 299 g/mol. The van der Waals surface area contributed by atoms with E-state index in [0.29, 0.717) is 31.1 Å². The summed E-state index contributed by atoms with van der Waals surface area (Å²) >= 11 is 3.36. The van der Waals surface area contributed by atoms with Gasteiger partial charge in [-0.1, -0.05) is 6.07 Å². The van der Waals surface area contributed by atoms with E-state index in [0.717, 1.165) is 11.0 Å². The van der Waals surface area contributed by atoms with Crippen molar-refractivity contribution in [1.82, 2.24) is 10.2 Å². The van der Waals surface area contributed by atoms with E-state index in [9.17, 15) is 4.79 Å². The van der Waals surface area contributed by atoms with Gasteiger partial charge in [-0.3, -0.25) is 0 Å². The molecule has 1 aliphatic heterocycles. The molecule has 17 heavy (non-hydrogen) atoms. The number of amides is 2. The van der Waals surface area contributed by atoms with Crippen LogP contribution >= 0.6 is 15.9 Å². The van der Waals surface area contributed by atoms with Crippen LogP contribution in [0.3, 0.4) is 0 Å². The minimum atomic E-state index is -0.0276. The van der Waals surface area contributed by atoms with Crippen molar-refractivity contribution in [3.8, 4) is 5.75 Å². The molecule has 0 atom stereocenters. The Morgan fingerprint density at radius 3 is 3.06 bits per heavy atom. The number of halogens is 1. The summed E-state index contributed by atoms with van der Waals surface area (Å²) in [5.74, 6) is 0.699. The molecular formula is C11H14BrN3O2. The first kappa shape index (κ1) is 12.0. The summed E-state index contributed by atoms with van der Waals surface area (Å²) in [7, 11) is 0. The number of ether oxygens (including phenoxy) is 1. The second kappa shape index (κ2) is 5.27. The number of nitrogens with one attached hydrogen (secondary N) is 1. The highest BCUT2D eigenvalue weighted by Gasteiger charge is 2.18. The number of nitrogen functional groups attached to an aromatic ring is 1. The van der Waals surface area contributed by atoms with Crippen molar-refractivity contribution in [2.75, 3.05) is 32.0 Å². The van der Waals surface area contributed by atoms with Crippen LogP contribution in [0.25, 0.3) is 0 Å². The van der Waals surface area contributed by atoms with E-state index >= 15 is 0 Å². The second-order valence-corrected chi connectivity index (χ2v) is 4.52. The predicted molar refractivity (Wildman–Crippen MR) is 69.0 cm³/mol. The van der Waals surface area contributed by atoms with Gasteiger partial charge in [-0.2, -0.15) is 0 Å². The van der Waals surface area contributed by atoms with Crippen molar-refractivity contribution in [2.24, 2.45) is 0 Å². The first-order valence-corrected chi connectivity index (χ1v) is 6.17. The number of rotatable bonds is 4. The zero-order valence-corrected chi connectivity index (χ0v) is 10.9. The van der Waals surface area contributed by atoms with Crippen molar-refractivity contribution in [1.29, 1.82) is 0 Å². The number of urea groups is 1. The third-order valence-corrected chi connectivity index (χ3v) is 3.41. The molecule has 0 radical (unpaired) electrons. The van der Waals surface area contributed by atoms with Crippen LogP contribution in [-0.4, -0.2) is 37.2 Å². The lowest BCUT2D eigenvalue weighted by molar-refractivity contribution is 0.202. The van der Waals surface area contributed by atoms with E-state index < -0.39 is 0 Å². The van der Waals surface area contributed by atoms with Gasteiger partial charge in [0.1, 0.15) is 12.4 Å². The zero-order valence-electron chi connectivity index (χ0n) is 9.28. The number of carbonyl (C=O) groups excluding carboxylic acids is 1. The van der Waals surface area contributed by atoms with E-state index in [4.69, 9.17) is 10.5 Å². The maximum Gasteiger partial charge on any atom is 0.317 e. The average molecular weight is 300 g/mol. The zero-order chi connectivity index (χ0) is 12.3. The molecule has 92 valence electrons. The Balaban J connectivity index is 1.86. The molecule has 1 aliphatic rings. The minimum Gasteiger partial charge on any atom is -0.490 e. The molecule has 1 heterocycles. The third kappa shape index (κ3) is 2.82. The van der Waals surface area contributed by atoms with Crippen molar-refractivity contribution in [2.45, 2.75) is 0 Å². The maximum absolute atomic E-state index is 11.3. The summed E-state index contributed by atoms with van der Waals surface area (Å²) in [5, 5.41) is 2.74. The lowest BCUT2D eigenvalue weighted by atomic mass is 10.3. The molecular weight excluding hydrogens is 286 g/mol. The number of anilines is 1. The van der Waals surface area contributed by atoms with Gasteiger partial charge in [0.05, 0.1) is 11.0 Å². The van der Waals surface area contributed by atoms with Gasteiger partial charge in [0.15, 0.2) is 0 Å². The molecule has 6 heteroatoms. The largest absolute Gasteiger partial charge is 0.490 e. The van der Waals surface area contributed by atoms with Gasteiger partial charge in [-0.15, -0.1) is 0 Å². The topological polar surface area (TPSA) is 67.6 Å². The first-order chi connectivity index (χ1) is 8.18. The molecule has 1 saturated heterocycles. The molecule has 0 aromatic heterocycles. The molecule has 0 aliphatic carbocycles. The van der Waals surface area contributed by atoms with Crippen LogP contribution < -0.4 is 15.8 Å². The SMILES string of the molecule is Nc1cccc(OCCN2CCNC2=O)c1Br. The standard InChI is InChI=1S/C11H14BrN3O2/c12-10-8(13)2-1-3-9(10)17-7-6-15-5-4-14-11(15)16/h1-3H,4-7,13H2,(H,14,16). The van der Waals surface area contributed by atoms with Crippen molar-refractivity contribution >= 4 is 27.6 Å². The highest BCUT2D eigenvalue weighted by Crippen LogP contribution is 2.30. The van der Waals surface area contributed by atoms with Crippen LogP contribution in [0.4, 0.5) is 10.5 Å². The van der Waals surface area contributed by atoms with Crippen LogP contribution in [0.5, 0.6) is 5.75 Å². The summed E-state index contributed by atoms with van der Waals surface area (Å²) in [5.41, 5.74) is 6.38. The molecule has 2 rings (SSSR count). The van der Waals surface area contributed by atoms with Crippen molar-refractivity contribution in [3.05, 3.63) is 22.7 Å². The number of nitrogens with two attached hydrogens (primary N) is 1. The lowest BCUT2D eigenvalue weighted by Crippen LogP contribution is -2.31. The van der Waals surface area contributed by atoms with Gasteiger partial charge in [-0.05, 0) is 28.1 Å². The Morgan fingerprint density at radius 2 is 2.35 bits per heavy atom. The van der Waals surface area contributed by atoms with Crippen LogP contribution in [0.15, 0.2) is 22.7 Å².